The molecule has 1 unspecified atom stereocenters. The van der Waals surface area contributed by atoms with E-state index < -0.39 is 12.1 Å². The molecule has 0 fully saturated rings. The zero-order valence-electron chi connectivity index (χ0n) is 9.51. The van der Waals surface area contributed by atoms with Gasteiger partial charge >= 0.3 is 6.18 Å². The first-order valence-corrected chi connectivity index (χ1v) is 5.99. The average molecular weight is 259 g/mol. The van der Waals surface area contributed by atoms with Crippen LogP contribution in [-0.2, 0) is 0 Å². The standard InChI is InChI=1S/C12H12F3NS/c1-8-3-4-9(2)11(5-8)17-7-10(6-16)12(13,14)15/h3-5,10H,7H2,1-2H3. The second kappa shape index (κ2) is 5.46. The van der Waals surface area contributed by atoms with Crippen molar-refractivity contribution in [3.63, 3.8) is 0 Å². The number of alkyl halides is 3. The fourth-order valence-electron chi connectivity index (χ4n) is 1.24. The minimum Gasteiger partial charge on any atom is -0.198 e. The predicted molar refractivity (Wildman–Crippen MR) is 61.8 cm³/mol. The van der Waals surface area contributed by atoms with Crippen LogP contribution in [0.25, 0.3) is 0 Å². The maximum absolute atomic E-state index is 12.4. The third-order valence-corrected chi connectivity index (χ3v) is 3.55. The van der Waals surface area contributed by atoms with Crippen LogP contribution in [0.4, 0.5) is 13.2 Å². The van der Waals surface area contributed by atoms with Crippen LogP contribution in [0.3, 0.4) is 0 Å². The molecule has 5 heteroatoms. The molecule has 1 nitrogen and oxygen atoms in total. The monoisotopic (exact) mass is 259 g/mol. The lowest BCUT2D eigenvalue weighted by Gasteiger charge is -2.13. The fourth-order valence-corrected chi connectivity index (χ4v) is 2.42. The minimum atomic E-state index is -4.44. The number of halogens is 3. The third kappa shape index (κ3) is 3.97. The molecule has 0 amide bonds. The van der Waals surface area contributed by atoms with Gasteiger partial charge in [0.2, 0.25) is 0 Å². The molecular formula is C12H12F3NS. The second-order valence-electron chi connectivity index (χ2n) is 3.80. The number of thioether (sulfide) groups is 1. The Morgan fingerprint density at radius 1 is 1.35 bits per heavy atom. The molecule has 0 heterocycles. The van der Waals surface area contributed by atoms with E-state index in [9.17, 15) is 13.2 Å². The maximum Gasteiger partial charge on any atom is 0.405 e. The first kappa shape index (κ1) is 13.9. The largest absolute Gasteiger partial charge is 0.405 e. The summed E-state index contributed by atoms with van der Waals surface area (Å²) in [5.74, 6) is -2.17. The summed E-state index contributed by atoms with van der Waals surface area (Å²) < 4.78 is 37.1. The molecule has 0 bridgehead atoms. The Balaban J connectivity index is 2.73. The van der Waals surface area contributed by atoms with E-state index in [1.54, 1.807) is 0 Å². The summed E-state index contributed by atoms with van der Waals surface area (Å²) in [6.45, 7) is 3.73. The Labute approximate surface area is 103 Å². The normalized spacial score (nSPS) is 13.2. The van der Waals surface area contributed by atoms with Crippen molar-refractivity contribution < 1.29 is 13.2 Å². The van der Waals surface area contributed by atoms with Gasteiger partial charge in [-0.25, -0.2) is 0 Å². The maximum atomic E-state index is 12.4. The van der Waals surface area contributed by atoms with Gasteiger partial charge in [0.15, 0.2) is 5.92 Å². The highest BCUT2D eigenvalue weighted by Gasteiger charge is 2.39. The van der Waals surface area contributed by atoms with Crippen molar-refractivity contribution in [2.45, 2.75) is 24.9 Å². The molecule has 0 aliphatic rings. The number of hydrogen-bond acceptors (Lipinski definition) is 2. The van der Waals surface area contributed by atoms with Crippen molar-refractivity contribution in [1.29, 1.82) is 5.26 Å². The molecule has 0 aliphatic carbocycles. The van der Waals surface area contributed by atoms with Crippen molar-refractivity contribution in [1.82, 2.24) is 0 Å². The molecule has 0 saturated carbocycles. The van der Waals surface area contributed by atoms with Crippen molar-refractivity contribution in [3.8, 4) is 6.07 Å². The summed E-state index contributed by atoms with van der Waals surface area (Å²) in [4.78, 5) is 0.800. The highest BCUT2D eigenvalue weighted by Crippen LogP contribution is 2.32. The van der Waals surface area contributed by atoms with Crippen LogP contribution >= 0.6 is 11.8 Å². The quantitative estimate of drug-likeness (QED) is 0.763. The van der Waals surface area contributed by atoms with Crippen molar-refractivity contribution >= 4 is 11.8 Å². The number of nitriles is 1. The zero-order valence-corrected chi connectivity index (χ0v) is 10.3. The Morgan fingerprint density at radius 2 is 2.00 bits per heavy atom. The Bertz CT molecular complexity index is 434. The number of rotatable bonds is 3. The molecule has 0 saturated heterocycles. The first-order valence-electron chi connectivity index (χ1n) is 5.01. The molecule has 0 N–H and O–H groups in total. The Kier molecular flexibility index (Phi) is 4.47. The molecule has 0 radical (unpaired) electrons. The molecule has 17 heavy (non-hydrogen) atoms. The van der Waals surface area contributed by atoms with Gasteiger partial charge in [0.05, 0.1) is 6.07 Å². The third-order valence-electron chi connectivity index (χ3n) is 2.30. The van der Waals surface area contributed by atoms with E-state index in [-0.39, 0.29) is 5.75 Å². The van der Waals surface area contributed by atoms with E-state index in [2.05, 4.69) is 0 Å². The van der Waals surface area contributed by atoms with Crippen molar-refractivity contribution in [3.05, 3.63) is 29.3 Å². The van der Waals surface area contributed by atoms with E-state index in [1.807, 2.05) is 32.0 Å². The van der Waals surface area contributed by atoms with E-state index >= 15 is 0 Å². The minimum absolute atomic E-state index is 0.260. The summed E-state index contributed by atoms with van der Waals surface area (Å²) in [5.41, 5.74) is 1.93. The molecular weight excluding hydrogens is 247 g/mol. The van der Waals surface area contributed by atoms with Gasteiger partial charge in [-0.3, -0.25) is 0 Å². The fraction of sp³-hybridized carbons (Fsp3) is 0.417. The Morgan fingerprint density at radius 3 is 2.53 bits per heavy atom. The summed E-state index contributed by atoms with van der Waals surface area (Å²) >= 11 is 1.08. The van der Waals surface area contributed by atoms with Crippen LogP contribution in [0.15, 0.2) is 23.1 Å². The van der Waals surface area contributed by atoms with Crippen LogP contribution in [0.1, 0.15) is 11.1 Å². The molecule has 1 atom stereocenters. The first-order chi connectivity index (χ1) is 7.84. The SMILES string of the molecule is Cc1ccc(C)c(SCC(C#N)C(F)(F)F)c1. The lowest BCUT2D eigenvalue weighted by molar-refractivity contribution is -0.152. The van der Waals surface area contributed by atoms with E-state index in [4.69, 9.17) is 5.26 Å². The Hall–Kier alpha value is -1.15. The van der Waals surface area contributed by atoms with Gasteiger partial charge in [0.25, 0.3) is 0 Å². The van der Waals surface area contributed by atoms with Gasteiger partial charge in [0.1, 0.15) is 0 Å². The van der Waals surface area contributed by atoms with Gasteiger partial charge < -0.3 is 0 Å². The molecule has 1 aromatic carbocycles. The van der Waals surface area contributed by atoms with Gasteiger partial charge in [-0.05, 0) is 25.5 Å². The summed E-state index contributed by atoms with van der Waals surface area (Å²) in [7, 11) is 0. The van der Waals surface area contributed by atoms with Gasteiger partial charge in [-0.1, -0.05) is 17.7 Å². The molecule has 0 aliphatic heterocycles. The summed E-state index contributed by atoms with van der Waals surface area (Å²) in [5, 5.41) is 8.48. The molecule has 1 rings (SSSR count). The molecule has 92 valence electrons. The van der Waals surface area contributed by atoms with Crippen LogP contribution in [0.5, 0.6) is 0 Å². The number of benzene rings is 1. The topological polar surface area (TPSA) is 23.8 Å². The number of aryl methyl sites for hydroxylation is 2. The second-order valence-corrected chi connectivity index (χ2v) is 4.87. The highest BCUT2D eigenvalue weighted by atomic mass is 32.2. The molecule has 1 aromatic rings. The smallest absolute Gasteiger partial charge is 0.198 e. The van der Waals surface area contributed by atoms with Gasteiger partial charge in [-0.15, -0.1) is 11.8 Å². The summed E-state index contributed by atoms with van der Waals surface area (Å²) in [6, 6.07) is 6.91. The summed E-state index contributed by atoms with van der Waals surface area (Å²) in [6.07, 6.45) is -4.44. The van der Waals surface area contributed by atoms with Crippen LogP contribution < -0.4 is 0 Å². The molecule has 0 aromatic heterocycles. The lowest BCUT2D eigenvalue weighted by atomic mass is 10.2. The lowest BCUT2D eigenvalue weighted by Crippen LogP contribution is -2.23. The van der Waals surface area contributed by atoms with Crippen molar-refractivity contribution in [2.75, 3.05) is 5.75 Å². The van der Waals surface area contributed by atoms with Crippen LogP contribution in [0, 0.1) is 31.1 Å². The van der Waals surface area contributed by atoms with E-state index in [0.717, 1.165) is 27.8 Å². The van der Waals surface area contributed by atoms with E-state index in [0.29, 0.717) is 0 Å². The van der Waals surface area contributed by atoms with Gasteiger partial charge in [-0.2, -0.15) is 18.4 Å². The predicted octanol–water partition coefficient (Wildman–Crippen LogP) is 4.10. The highest BCUT2D eigenvalue weighted by molar-refractivity contribution is 7.99. The zero-order chi connectivity index (χ0) is 13.1. The van der Waals surface area contributed by atoms with Gasteiger partial charge in [0, 0.05) is 10.6 Å². The van der Waals surface area contributed by atoms with E-state index in [1.165, 1.54) is 6.07 Å². The average Bonchev–Trinajstić information content (AvgIpc) is 2.22. The van der Waals surface area contributed by atoms with Crippen LogP contribution in [-0.4, -0.2) is 11.9 Å². The number of hydrogen-bond donors (Lipinski definition) is 0. The number of nitrogens with zero attached hydrogens (tertiary/aromatic N) is 1. The van der Waals surface area contributed by atoms with Crippen molar-refractivity contribution in [2.24, 2.45) is 5.92 Å². The van der Waals surface area contributed by atoms with Crippen LogP contribution in [0.2, 0.25) is 0 Å². The molecule has 0 spiro atoms.